The minimum absolute atomic E-state index is 0.0110. The normalized spacial score (nSPS) is 14.1. The van der Waals surface area contributed by atoms with Gasteiger partial charge in [-0.1, -0.05) is 12.1 Å². The molecular formula is C20H23FN8O4S. The first-order chi connectivity index (χ1) is 16.3. The number of carbonyl (C=O) groups excluding carboxylic acids is 1. The third-order valence-electron chi connectivity index (χ3n) is 5.01. The molecule has 14 heteroatoms. The quantitative estimate of drug-likeness (QED) is 0.413. The first-order valence-electron chi connectivity index (χ1n) is 10.3. The van der Waals surface area contributed by atoms with Crippen molar-refractivity contribution in [2.24, 2.45) is 5.14 Å². The number of nitrogens with zero attached hydrogens (tertiary/aromatic N) is 5. The Morgan fingerprint density at radius 2 is 1.91 bits per heavy atom. The summed E-state index contributed by atoms with van der Waals surface area (Å²) in [5.74, 6) is -0.617. The second kappa shape index (κ2) is 10.1. The van der Waals surface area contributed by atoms with Crippen molar-refractivity contribution in [1.82, 2.24) is 24.6 Å². The minimum Gasteiger partial charge on any atom is -0.378 e. The number of hydrogen-bond acceptors (Lipinski definition) is 9. The van der Waals surface area contributed by atoms with Crippen LogP contribution in [0.1, 0.15) is 5.56 Å². The topological polar surface area (TPSA) is 157 Å². The Morgan fingerprint density at radius 1 is 1.18 bits per heavy atom. The standard InChI is InChI=1S/C20H23FN8O4S/c21-17-11-24-20(27-19(17)23-9-14-1-3-16(4-2-14)34(22,31)32)26-15-10-25-29(12-15)13-18(30)28-5-7-33-8-6-28/h1-4,10-12H,5-9,13H2,(H2,22,31,32)(H2,23,24,26,27). The van der Waals surface area contributed by atoms with Crippen LogP contribution in [0.2, 0.25) is 0 Å². The predicted octanol–water partition coefficient (Wildman–Crippen LogP) is 0.674. The van der Waals surface area contributed by atoms with Gasteiger partial charge < -0.3 is 20.3 Å². The molecule has 1 amide bonds. The fourth-order valence-corrected chi connectivity index (χ4v) is 3.74. The number of ether oxygens (including phenoxy) is 1. The number of aromatic nitrogens is 4. The zero-order valence-electron chi connectivity index (χ0n) is 18.0. The number of halogens is 1. The summed E-state index contributed by atoms with van der Waals surface area (Å²) in [7, 11) is -3.78. The van der Waals surface area contributed by atoms with Gasteiger partial charge in [-0.05, 0) is 17.7 Å². The number of nitrogens with two attached hydrogens (primary N) is 1. The lowest BCUT2D eigenvalue weighted by atomic mass is 10.2. The van der Waals surface area contributed by atoms with Crippen LogP contribution in [0.4, 0.5) is 21.8 Å². The maximum atomic E-state index is 14.2. The van der Waals surface area contributed by atoms with Crippen LogP contribution in [0.25, 0.3) is 0 Å². The zero-order valence-corrected chi connectivity index (χ0v) is 18.8. The predicted molar refractivity (Wildman–Crippen MR) is 120 cm³/mol. The minimum atomic E-state index is -3.78. The molecule has 0 spiro atoms. The van der Waals surface area contributed by atoms with E-state index in [1.54, 1.807) is 23.2 Å². The average Bonchev–Trinajstić information content (AvgIpc) is 3.26. The van der Waals surface area contributed by atoms with E-state index in [-0.39, 0.29) is 35.7 Å². The summed E-state index contributed by atoms with van der Waals surface area (Å²) in [6, 6.07) is 5.88. The molecule has 1 fully saturated rings. The van der Waals surface area contributed by atoms with Gasteiger partial charge in [0.05, 0.1) is 36.2 Å². The van der Waals surface area contributed by atoms with Crippen molar-refractivity contribution in [2.75, 3.05) is 36.9 Å². The van der Waals surface area contributed by atoms with E-state index >= 15 is 0 Å². The van der Waals surface area contributed by atoms with E-state index < -0.39 is 15.8 Å². The van der Waals surface area contributed by atoms with Gasteiger partial charge in [-0.25, -0.2) is 22.9 Å². The molecule has 1 aliphatic rings. The van der Waals surface area contributed by atoms with E-state index in [4.69, 9.17) is 9.88 Å². The summed E-state index contributed by atoms with van der Waals surface area (Å²) < 4.78 is 43.6. The third kappa shape index (κ3) is 6.03. The molecule has 0 saturated carbocycles. The number of primary sulfonamides is 1. The molecule has 1 aromatic carbocycles. The van der Waals surface area contributed by atoms with Gasteiger partial charge in [-0.2, -0.15) is 10.1 Å². The maximum Gasteiger partial charge on any atom is 0.244 e. The SMILES string of the molecule is NS(=O)(=O)c1ccc(CNc2nc(Nc3cnn(CC(=O)N4CCOCC4)c3)ncc2F)cc1. The van der Waals surface area contributed by atoms with Crippen molar-refractivity contribution in [3.63, 3.8) is 0 Å². The zero-order chi connectivity index (χ0) is 24.1. The van der Waals surface area contributed by atoms with E-state index in [1.807, 2.05) is 0 Å². The van der Waals surface area contributed by atoms with Gasteiger partial charge in [-0.3, -0.25) is 9.48 Å². The van der Waals surface area contributed by atoms with Crippen molar-refractivity contribution in [3.8, 4) is 0 Å². The van der Waals surface area contributed by atoms with E-state index in [0.29, 0.717) is 37.6 Å². The number of morpholine rings is 1. The van der Waals surface area contributed by atoms with Crippen LogP contribution >= 0.6 is 0 Å². The first kappa shape index (κ1) is 23.5. The fraction of sp³-hybridized carbons (Fsp3) is 0.300. The largest absolute Gasteiger partial charge is 0.378 e. The number of amides is 1. The summed E-state index contributed by atoms with van der Waals surface area (Å²) in [5, 5.41) is 15.0. The monoisotopic (exact) mass is 490 g/mol. The summed E-state index contributed by atoms with van der Waals surface area (Å²) in [6.07, 6.45) is 4.17. The highest BCUT2D eigenvalue weighted by Gasteiger charge is 2.17. The summed E-state index contributed by atoms with van der Waals surface area (Å²) in [6.45, 7) is 2.44. The van der Waals surface area contributed by atoms with Gasteiger partial charge in [0, 0.05) is 25.8 Å². The molecule has 34 heavy (non-hydrogen) atoms. The second-order valence-corrected chi connectivity index (χ2v) is 9.04. The van der Waals surface area contributed by atoms with Crippen molar-refractivity contribution in [2.45, 2.75) is 18.0 Å². The molecule has 1 aliphatic heterocycles. The molecule has 0 unspecified atom stereocenters. The number of anilines is 3. The third-order valence-corrected chi connectivity index (χ3v) is 5.94. The van der Waals surface area contributed by atoms with Gasteiger partial charge in [-0.15, -0.1) is 0 Å². The highest BCUT2D eigenvalue weighted by Crippen LogP contribution is 2.17. The van der Waals surface area contributed by atoms with Gasteiger partial charge in [0.15, 0.2) is 11.6 Å². The highest BCUT2D eigenvalue weighted by molar-refractivity contribution is 7.89. The molecule has 180 valence electrons. The lowest BCUT2D eigenvalue weighted by Gasteiger charge is -2.26. The van der Waals surface area contributed by atoms with Crippen LogP contribution in [0.3, 0.4) is 0 Å². The van der Waals surface area contributed by atoms with Crippen molar-refractivity contribution < 1.29 is 22.3 Å². The van der Waals surface area contributed by atoms with Crippen LogP contribution in [0.5, 0.6) is 0 Å². The van der Waals surface area contributed by atoms with Gasteiger partial charge >= 0.3 is 0 Å². The second-order valence-electron chi connectivity index (χ2n) is 7.48. The van der Waals surface area contributed by atoms with E-state index in [1.165, 1.54) is 23.0 Å². The Labute approximate surface area is 195 Å². The van der Waals surface area contributed by atoms with Crippen LogP contribution in [-0.2, 0) is 32.6 Å². The number of carbonyl (C=O) groups is 1. The van der Waals surface area contributed by atoms with E-state index in [2.05, 4.69) is 25.7 Å². The molecular weight excluding hydrogens is 467 g/mol. The molecule has 0 bridgehead atoms. The van der Waals surface area contributed by atoms with E-state index in [9.17, 15) is 17.6 Å². The molecule has 3 heterocycles. The molecule has 2 aromatic heterocycles. The Morgan fingerprint density at radius 3 is 2.62 bits per heavy atom. The van der Waals surface area contributed by atoms with Gasteiger partial charge in [0.2, 0.25) is 21.9 Å². The van der Waals surface area contributed by atoms with Gasteiger partial charge in [0.1, 0.15) is 6.54 Å². The number of benzene rings is 1. The molecule has 4 N–H and O–H groups in total. The average molecular weight is 491 g/mol. The fourth-order valence-electron chi connectivity index (χ4n) is 3.23. The Balaban J connectivity index is 1.36. The number of nitrogens with one attached hydrogen (secondary N) is 2. The molecule has 12 nitrogen and oxygen atoms in total. The number of sulfonamides is 1. The highest BCUT2D eigenvalue weighted by atomic mass is 32.2. The van der Waals surface area contributed by atoms with Crippen LogP contribution in [-0.4, -0.2) is 65.3 Å². The van der Waals surface area contributed by atoms with Crippen LogP contribution < -0.4 is 15.8 Å². The lowest BCUT2D eigenvalue weighted by Crippen LogP contribution is -2.42. The summed E-state index contributed by atoms with van der Waals surface area (Å²) in [4.78, 5) is 22.1. The van der Waals surface area contributed by atoms with Crippen LogP contribution in [0.15, 0.2) is 47.8 Å². The Bertz CT molecular complexity index is 1260. The Kier molecular flexibility index (Phi) is 7.00. The molecule has 0 atom stereocenters. The van der Waals surface area contributed by atoms with Crippen LogP contribution in [0, 0.1) is 5.82 Å². The lowest BCUT2D eigenvalue weighted by molar-refractivity contribution is -0.136. The number of rotatable bonds is 8. The molecule has 3 aromatic rings. The summed E-state index contributed by atoms with van der Waals surface area (Å²) >= 11 is 0. The van der Waals surface area contributed by atoms with E-state index in [0.717, 1.165) is 6.20 Å². The molecule has 0 radical (unpaired) electrons. The van der Waals surface area contributed by atoms with Crippen molar-refractivity contribution in [1.29, 1.82) is 0 Å². The molecule has 4 rings (SSSR count). The first-order valence-corrected chi connectivity index (χ1v) is 11.9. The smallest absolute Gasteiger partial charge is 0.244 e. The van der Waals surface area contributed by atoms with Gasteiger partial charge in [0.25, 0.3) is 0 Å². The maximum absolute atomic E-state index is 14.2. The molecule has 0 aliphatic carbocycles. The Hall–Kier alpha value is -3.62. The number of hydrogen-bond donors (Lipinski definition) is 3. The van der Waals surface area contributed by atoms with Crippen molar-refractivity contribution in [3.05, 3.63) is 54.2 Å². The van der Waals surface area contributed by atoms with Crippen molar-refractivity contribution >= 4 is 33.4 Å². The molecule has 1 saturated heterocycles. The summed E-state index contributed by atoms with van der Waals surface area (Å²) in [5.41, 5.74) is 1.23.